The lowest BCUT2D eigenvalue weighted by Crippen LogP contribution is -2.48. The summed E-state index contributed by atoms with van der Waals surface area (Å²) in [5.74, 6) is 0.253. The quantitative estimate of drug-likeness (QED) is 0.206. The molecule has 0 spiro atoms. The lowest BCUT2D eigenvalue weighted by molar-refractivity contribution is -0.122. The number of amides is 1. The number of piperazine rings is 1. The summed E-state index contributed by atoms with van der Waals surface area (Å²) in [5, 5.41) is 9.77. The first-order chi connectivity index (χ1) is 19.3. The Hall–Kier alpha value is -3.16. The highest BCUT2D eigenvalue weighted by molar-refractivity contribution is 8.26. The minimum absolute atomic E-state index is 0.0602. The van der Waals surface area contributed by atoms with Crippen molar-refractivity contribution in [2.75, 3.05) is 42.5 Å². The van der Waals surface area contributed by atoms with Gasteiger partial charge >= 0.3 is 0 Å². The minimum atomic E-state index is -0.376. The number of benzene rings is 1. The summed E-state index contributed by atoms with van der Waals surface area (Å²) in [6, 6.07) is 8.77. The Morgan fingerprint density at radius 1 is 1.05 bits per heavy atom. The van der Waals surface area contributed by atoms with Crippen molar-refractivity contribution in [3.8, 4) is 6.07 Å². The number of nitriles is 1. The molecule has 0 unspecified atom stereocenters. The number of thioether (sulfide) groups is 1. The van der Waals surface area contributed by atoms with Crippen molar-refractivity contribution in [1.82, 2.24) is 9.47 Å². The van der Waals surface area contributed by atoms with E-state index in [9.17, 15) is 19.2 Å². The average molecular weight is 582 g/mol. The van der Waals surface area contributed by atoms with Crippen LogP contribution in [0.25, 0.3) is 6.08 Å². The van der Waals surface area contributed by atoms with Crippen LogP contribution in [0.5, 0.6) is 0 Å². The van der Waals surface area contributed by atoms with E-state index in [-0.39, 0.29) is 22.8 Å². The van der Waals surface area contributed by atoms with Gasteiger partial charge in [0.15, 0.2) is 0 Å². The SMILES string of the molecule is CCCCCCCCN1C(=O)/C(=C/c2c(C)c(C#N)c(=O)n(C)c2N2CCN(c3ccccc3F)CC2)SC1=S. The van der Waals surface area contributed by atoms with Crippen LogP contribution < -0.4 is 15.4 Å². The molecule has 2 aliphatic heterocycles. The van der Waals surface area contributed by atoms with E-state index in [0.29, 0.717) is 64.6 Å². The van der Waals surface area contributed by atoms with Gasteiger partial charge in [0, 0.05) is 45.3 Å². The van der Waals surface area contributed by atoms with Crippen LogP contribution in [-0.4, -0.2) is 52.4 Å². The fourth-order valence-corrected chi connectivity index (χ4v) is 6.63. The highest BCUT2D eigenvalue weighted by Gasteiger charge is 2.33. The molecule has 0 saturated carbocycles. The summed E-state index contributed by atoms with van der Waals surface area (Å²) in [6.45, 7) is 6.76. The Morgan fingerprint density at radius 2 is 1.70 bits per heavy atom. The van der Waals surface area contributed by atoms with Gasteiger partial charge in [-0.3, -0.25) is 19.1 Å². The molecule has 3 heterocycles. The first kappa shape index (κ1) is 29.8. The average Bonchev–Trinajstić information content (AvgIpc) is 3.22. The van der Waals surface area contributed by atoms with Crippen LogP contribution in [0.4, 0.5) is 15.9 Å². The Labute approximate surface area is 245 Å². The second-order valence-corrected chi connectivity index (χ2v) is 11.9. The Morgan fingerprint density at radius 3 is 2.38 bits per heavy atom. The van der Waals surface area contributed by atoms with Gasteiger partial charge in [0.05, 0.1) is 10.6 Å². The number of halogens is 1. The number of unbranched alkanes of at least 4 members (excludes halogenated alkanes) is 5. The van der Waals surface area contributed by atoms with Crippen LogP contribution in [0.3, 0.4) is 0 Å². The molecule has 40 heavy (non-hydrogen) atoms. The van der Waals surface area contributed by atoms with E-state index in [4.69, 9.17) is 12.2 Å². The molecular weight excluding hydrogens is 545 g/mol. The van der Waals surface area contributed by atoms with Crippen molar-refractivity contribution >= 4 is 51.8 Å². The molecule has 10 heteroatoms. The largest absolute Gasteiger partial charge is 0.366 e. The van der Waals surface area contributed by atoms with Crippen molar-refractivity contribution in [2.24, 2.45) is 7.05 Å². The Bertz CT molecular complexity index is 1410. The smallest absolute Gasteiger partial charge is 0.270 e. The third kappa shape index (κ3) is 6.26. The first-order valence-corrected chi connectivity index (χ1v) is 15.1. The van der Waals surface area contributed by atoms with Crippen LogP contribution >= 0.6 is 24.0 Å². The number of para-hydroxylation sites is 1. The zero-order valence-corrected chi connectivity index (χ0v) is 25.0. The number of thiocarbonyl (C=S) groups is 1. The number of rotatable bonds is 10. The number of carbonyl (C=O) groups is 1. The zero-order chi connectivity index (χ0) is 28.8. The van der Waals surface area contributed by atoms with Crippen molar-refractivity contribution in [3.63, 3.8) is 0 Å². The van der Waals surface area contributed by atoms with E-state index in [1.165, 1.54) is 41.7 Å². The van der Waals surface area contributed by atoms with E-state index >= 15 is 0 Å². The van der Waals surface area contributed by atoms with E-state index in [1.807, 2.05) is 11.0 Å². The predicted octanol–water partition coefficient (Wildman–Crippen LogP) is 5.59. The molecule has 0 aliphatic carbocycles. The van der Waals surface area contributed by atoms with Crippen molar-refractivity contribution in [2.45, 2.75) is 52.4 Å². The summed E-state index contributed by atoms with van der Waals surface area (Å²) in [6.07, 6.45) is 8.53. The van der Waals surface area contributed by atoms with Gasteiger partial charge in [0.2, 0.25) is 0 Å². The minimum Gasteiger partial charge on any atom is -0.366 e. The summed E-state index contributed by atoms with van der Waals surface area (Å²) < 4.78 is 16.4. The van der Waals surface area contributed by atoms with Gasteiger partial charge in [0.1, 0.15) is 27.6 Å². The maximum atomic E-state index is 14.4. The number of nitrogens with zero attached hydrogens (tertiary/aromatic N) is 5. The molecule has 0 radical (unpaired) electrons. The maximum Gasteiger partial charge on any atom is 0.270 e. The topological polar surface area (TPSA) is 72.6 Å². The van der Waals surface area contributed by atoms with E-state index in [0.717, 1.165) is 19.3 Å². The molecule has 1 amide bonds. The van der Waals surface area contributed by atoms with Crippen molar-refractivity contribution in [3.05, 3.63) is 62.0 Å². The van der Waals surface area contributed by atoms with Crippen molar-refractivity contribution in [1.29, 1.82) is 5.26 Å². The molecule has 2 aliphatic rings. The van der Waals surface area contributed by atoms with E-state index in [2.05, 4.69) is 17.9 Å². The number of anilines is 2. The third-order valence-corrected chi connectivity index (χ3v) is 9.00. The predicted molar refractivity (Wildman–Crippen MR) is 165 cm³/mol. The summed E-state index contributed by atoms with van der Waals surface area (Å²) in [5.41, 5.74) is 1.45. The molecule has 1 aromatic carbocycles. The number of hydrogen-bond acceptors (Lipinski definition) is 7. The zero-order valence-electron chi connectivity index (χ0n) is 23.4. The third-order valence-electron chi connectivity index (χ3n) is 7.62. The van der Waals surface area contributed by atoms with Gasteiger partial charge in [-0.15, -0.1) is 0 Å². The molecule has 2 saturated heterocycles. The monoisotopic (exact) mass is 581 g/mol. The van der Waals surface area contributed by atoms with Gasteiger partial charge < -0.3 is 9.80 Å². The molecular formula is C30H36FN5O2S2. The molecule has 0 atom stereocenters. The molecule has 0 N–H and O–H groups in total. The molecule has 2 fully saturated rings. The van der Waals surface area contributed by atoms with Gasteiger partial charge in [-0.1, -0.05) is 75.1 Å². The Kier molecular flexibility index (Phi) is 10.0. The second-order valence-electron chi connectivity index (χ2n) is 10.2. The number of pyridine rings is 1. The molecule has 2 aromatic rings. The van der Waals surface area contributed by atoms with Crippen LogP contribution in [0.2, 0.25) is 0 Å². The van der Waals surface area contributed by atoms with Crippen LogP contribution in [-0.2, 0) is 11.8 Å². The second kappa shape index (κ2) is 13.5. The number of aromatic nitrogens is 1. The maximum absolute atomic E-state index is 14.4. The lowest BCUT2D eigenvalue weighted by atomic mass is 10.0. The fourth-order valence-electron chi connectivity index (χ4n) is 5.34. The molecule has 4 rings (SSSR count). The van der Waals surface area contributed by atoms with Crippen molar-refractivity contribution < 1.29 is 9.18 Å². The summed E-state index contributed by atoms with van der Waals surface area (Å²) in [7, 11) is 1.66. The first-order valence-electron chi connectivity index (χ1n) is 13.9. The lowest BCUT2D eigenvalue weighted by Gasteiger charge is -2.38. The fraction of sp³-hybridized carbons (Fsp3) is 0.467. The Balaban J connectivity index is 1.60. The van der Waals surface area contributed by atoms with Crippen LogP contribution in [0.15, 0.2) is 34.0 Å². The number of hydrogen-bond donors (Lipinski definition) is 0. The van der Waals surface area contributed by atoms with Gasteiger partial charge in [-0.05, 0) is 37.1 Å². The number of carbonyl (C=O) groups excluding carboxylic acids is 1. The highest BCUT2D eigenvalue weighted by Crippen LogP contribution is 2.36. The van der Waals surface area contributed by atoms with Gasteiger partial charge in [-0.25, -0.2) is 4.39 Å². The standard InChI is InChI=1S/C30H36FN5O2S2/c1-4-5-6-7-8-11-14-36-29(38)26(40-30(36)39)19-22-21(2)23(20-32)28(37)33(3)27(22)35-17-15-34(16-18-35)25-13-10-9-12-24(25)31/h9-10,12-13,19H,4-8,11,14-18H2,1-3H3/b26-19-. The van der Waals surface area contributed by atoms with E-state index in [1.54, 1.807) is 37.1 Å². The molecule has 0 bridgehead atoms. The van der Waals surface area contributed by atoms with Crippen LogP contribution in [0.1, 0.15) is 62.1 Å². The normalized spacial score (nSPS) is 16.8. The molecule has 7 nitrogen and oxygen atoms in total. The van der Waals surface area contributed by atoms with Crippen LogP contribution in [0, 0.1) is 24.1 Å². The van der Waals surface area contributed by atoms with Gasteiger partial charge in [-0.2, -0.15) is 5.26 Å². The summed E-state index contributed by atoms with van der Waals surface area (Å²) >= 11 is 6.83. The molecule has 212 valence electrons. The van der Waals surface area contributed by atoms with E-state index < -0.39 is 0 Å². The summed E-state index contributed by atoms with van der Waals surface area (Å²) in [4.78, 5) is 32.7. The highest BCUT2D eigenvalue weighted by atomic mass is 32.2. The van der Waals surface area contributed by atoms with Gasteiger partial charge in [0.25, 0.3) is 11.5 Å². The molecule has 1 aromatic heterocycles.